The van der Waals surface area contributed by atoms with E-state index in [0.29, 0.717) is 43.1 Å². The number of nitrogens with one attached hydrogen (secondary N) is 3. The Kier molecular flexibility index (Phi) is 11.1. The topological polar surface area (TPSA) is 126 Å². The lowest BCUT2D eigenvalue weighted by atomic mass is 10.00. The average Bonchev–Trinajstić information content (AvgIpc) is 2.98. The summed E-state index contributed by atoms with van der Waals surface area (Å²) in [6.07, 6.45) is 1.17. The van der Waals surface area contributed by atoms with E-state index in [1.165, 1.54) is 0 Å². The van der Waals surface area contributed by atoms with Crippen molar-refractivity contribution in [3.8, 4) is 5.75 Å². The van der Waals surface area contributed by atoms with Gasteiger partial charge in [0.15, 0.2) is 0 Å². The smallest absolute Gasteiger partial charge is 0.251 e. The summed E-state index contributed by atoms with van der Waals surface area (Å²) in [6.45, 7) is 5.94. The van der Waals surface area contributed by atoms with Crippen LogP contribution in [-0.2, 0) is 13.0 Å². The number of anilines is 2. The lowest BCUT2D eigenvalue weighted by Crippen LogP contribution is -2.48. The summed E-state index contributed by atoms with van der Waals surface area (Å²) in [5, 5.41) is 20.9. The zero-order chi connectivity index (χ0) is 30.1. The van der Waals surface area contributed by atoms with Gasteiger partial charge in [-0.3, -0.25) is 18.2 Å². The van der Waals surface area contributed by atoms with Crippen LogP contribution in [0.4, 0.5) is 11.4 Å². The van der Waals surface area contributed by atoms with Gasteiger partial charge in [0, 0.05) is 37.4 Å². The van der Waals surface area contributed by atoms with E-state index in [0.717, 1.165) is 41.0 Å². The summed E-state index contributed by atoms with van der Waals surface area (Å²) in [6, 6.07) is 20.4. The third kappa shape index (κ3) is 8.17. The van der Waals surface area contributed by atoms with Crippen molar-refractivity contribution in [3.05, 3.63) is 89.0 Å². The van der Waals surface area contributed by atoms with E-state index in [1.807, 2.05) is 68.4 Å². The summed E-state index contributed by atoms with van der Waals surface area (Å²) in [5.74, 6) is 0.787. The molecule has 0 radical (unpaired) electrons. The van der Waals surface area contributed by atoms with Gasteiger partial charge in [-0.1, -0.05) is 42.5 Å². The Hall–Kier alpha value is -3.28. The van der Waals surface area contributed by atoms with Gasteiger partial charge in [-0.25, -0.2) is 0 Å². The third-order valence-electron chi connectivity index (χ3n) is 7.60. The highest BCUT2D eigenvalue weighted by Crippen LogP contribution is 2.50. The quantitative estimate of drug-likeness (QED) is 0.159. The normalized spacial score (nSPS) is 16.8. The molecule has 0 aromatic heterocycles. The summed E-state index contributed by atoms with van der Waals surface area (Å²) in [5.41, 5.74) is 4.80. The van der Waals surface area contributed by atoms with E-state index in [4.69, 9.17) is 4.74 Å². The first-order chi connectivity index (χ1) is 20.2. The van der Waals surface area contributed by atoms with Crippen LogP contribution >= 0.6 is 10.8 Å². The molecule has 1 heterocycles. The van der Waals surface area contributed by atoms with Crippen LogP contribution in [-0.4, -0.2) is 64.8 Å². The molecule has 0 unspecified atom stereocenters. The van der Waals surface area contributed by atoms with Gasteiger partial charge in [0.05, 0.1) is 30.7 Å². The van der Waals surface area contributed by atoms with Crippen molar-refractivity contribution in [1.82, 2.24) is 10.6 Å². The predicted octanol–water partition coefficient (Wildman–Crippen LogP) is 5.19. The van der Waals surface area contributed by atoms with Crippen molar-refractivity contribution < 1.29 is 23.7 Å². The van der Waals surface area contributed by atoms with Gasteiger partial charge in [-0.15, -0.1) is 10.8 Å². The van der Waals surface area contributed by atoms with Gasteiger partial charge in [-0.05, 0) is 74.1 Å². The van der Waals surface area contributed by atoms with Crippen LogP contribution in [0.15, 0.2) is 66.7 Å². The maximum absolute atomic E-state index is 13.7. The maximum atomic E-state index is 13.7. The second-order valence-electron chi connectivity index (χ2n) is 10.7. The van der Waals surface area contributed by atoms with Crippen LogP contribution in [0.3, 0.4) is 0 Å². The van der Waals surface area contributed by atoms with Gasteiger partial charge in [0.2, 0.25) is 0 Å². The number of aliphatic hydroxyl groups is 1. The number of amides is 1. The molecular formula is C32H44N4O5S. The molecule has 1 aliphatic rings. The fourth-order valence-electron chi connectivity index (χ4n) is 5.27. The number of carbonyl (C=O) groups excluding carboxylic acids is 1. The summed E-state index contributed by atoms with van der Waals surface area (Å²) >= 11 is 0. The first-order valence-electron chi connectivity index (χ1n) is 14.5. The van der Waals surface area contributed by atoms with Crippen molar-refractivity contribution in [3.63, 3.8) is 0 Å². The highest BCUT2D eigenvalue weighted by molar-refractivity contribution is 8.25. The zero-order valence-electron chi connectivity index (χ0n) is 24.7. The van der Waals surface area contributed by atoms with Crippen LogP contribution in [0.1, 0.15) is 46.8 Å². The van der Waals surface area contributed by atoms with Crippen molar-refractivity contribution in [1.29, 1.82) is 0 Å². The standard InChI is InChI=1S/C32H44N4O5S/c1-4-34-27-18-26(19-28(20-27)36-15-8-9-16-42(36,39)40)32(38)35-29(17-24-11-6-5-7-12-24)30(37)22-33-21-25-13-10-14-31(41-3)23(25)2/h5-7,10-14,18-20,29-30,33-34,37,39-40H,4,8-9,15-17,21-22H2,1-3H3,(H,35,38)/t29-,30-/m0/s1. The monoisotopic (exact) mass is 596 g/mol. The molecule has 3 aromatic carbocycles. The molecular weight excluding hydrogens is 552 g/mol. The molecule has 2 atom stereocenters. The lowest BCUT2D eigenvalue weighted by Gasteiger charge is -2.47. The molecule has 1 aliphatic heterocycles. The second-order valence-corrected chi connectivity index (χ2v) is 12.8. The number of methoxy groups -OCH3 is 1. The van der Waals surface area contributed by atoms with Crippen LogP contribution < -0.4 is 25.0 Å². The predicted molar refractivity (Wildman–Crippen MR) is 172 cm³/mol. The van der Waals surface area contributed by atoms with Gasteiger partial charge >= 0.3 is 0 Å². The fourth-order valence-corrected chi connectivity index (χ4v) is 6.95. The molecule has 0 saturated carbocycles. The molecule has 1 amide bonds. The van der Waals surface area contributed by atoms with E-state index < -0.39 is 22.9 Å². The molecule has 1 saturated heterocycles. The molecule has 9 nitrogen and oxygen atoms in total. The Bertz CT molecular complexity index is 1320. The number of aliphatic hydroxyl groups excluding tert-OH is 1. The Balaban J connectivity index is 1.53. The summed E-state index contributed by atoms with van der Waals surface area (Å²) in [4.78, 5) is 13.7. The molecule has 1 fully saturated rings. The Morgan fingerprint density at radius 1 is 1.07 bits per heavy atom. The van der Waals surface area contributed by atoms with Crippen molar-refractivity contribution >= 4 is 28.1 Å². The zero-order valence-corrected chi connectivity index (χ0v) is 25.5. The SMILES string of the molecule is CCNc1cc(C(=O)N[C@@H](Cc2ccccc2)[C@@H](O)CNCc2cccc(OC)c2C)cc(N2CCCCS2(O)O)c1. The van der Waals surface area contributed by atoms with Crippen LogP contribution in [0.25, 0.3) is 0 Å². The van der Waals surface area contributed by atoms with Crippen LogP contribution in [0.2, 0.25) is 0 Å². The number of rotatable bonds is 13. The number of hydrogen-bond acceptors (Lipinski definition) is 8. The number of carbonyl (C=O) groups is 1. The minimum Gasteiger partial charge on any atom is -0.496 e. The van der Waals surface area contributed by atoms with Crippen molar-refractivity contribution in [2.24, 2.45) is 0 Å². The summed E-state index contributed by atoms with van der Waals surface area (Å²) < 4.78 is 28.5. The molecule has 0 aliphatic carbocycles. The molecule has 228 valence electrons. The lowest BCUT2D eigenvalue weighted by molar-refractivity contribution is 0.0830. The molecule has 10 heteroatoms. The Morgan fingerprint density at radius 2 is 1.86 bits per heavy atom. The van der Waals surface area contributed by atoms with Gasteiger partial charge < -0.3 is 25.8 Å². The van der Waals surface area contributed by atoms with Crippen molar-refractivity contribution in [2.75, 3.05) is 42.1 Å². The van der Waals surface area contributed by atoms with Crippen LogP contribution in [0, 0.1) is 6.92 Å². The Labute approximate surface area is 250 Å². The minimum atomic E-state index is -2.95. The molecule has 42 heavy (non-hydrogen) atoms. The van der Waals surface area contributed by atoms with Crippen molar-refractivity contribution in [2.45, 2.75) is 51.8 Å². The first-order valence-corrected chi connectivity index (χ1v) is 16.2. The van der Waals surface area contributed by atoms with Crippen LogP contribution in [0.5, 0.6) is 5.75 Å². The average molecular weight is 597 g/mol. The maximum Gasteiger partial charge on any atom is 0.251 e. The molecule has 0 spiro atoms. The van der Waals surface area contributed by atoms with E-state index in [1.54, 1.807) is 23.5 Å². The third-order valence-corrected chi connectivity index (χ3v) is 9.53. The minimum absolute atomic E-state index is 0.270. The second kappa shape index (κ2) is 14.8. The highest BCUT2D eigenvalue weighted by atomic mass is 32.3. The van der Waals surface area contributed by atoms with Gasteiger partial charge in [-0.2, -0.15) is 0 Å². The number of ether oxygens (including phenoxy) is 1. The Morgan fingerprint density at radius 3 is 2.57 bits per heavy atom. The fraction of sp³-hybridized carbons (Fsp3) is 0.406. The summed E-state index contributed by atoms with van der Waals surface area (Å²) in [7, 11) is -1.30. The number of hydrogen-bond donors (Lipinski definition) is 6. The largest absolute Gasteiger partial charge is 0.496 e. The molecule has 4 rings (SSSR count). The number of nitrogens with zero attached hydrogens (tertiary/aromatic N) is 1. The van der Waals surface area contributed by atoms with Gasteiger partial charge in [0.1, 0.15) is 5.75 Å². The van der Waals surface area contributed by atoms with E-state index in [9.17, 15) is 19.0 Å². The van der Waals surface area contributed by atoms with Gasteiger partial charge in [0.25, 0.3) is 5.91 Å². The first kappa shape index (κ1) is 31.7. The highest BCUT2D eigenvalue weighted by Gasteiger charge is 2.28. The number of benzene rings is 3. The van der Waals surface area contributed by atoms with E-state index in [-0.39, 0.29) is 12.5 Å². The molecule has 0 bridgehead atoms. The molecule has 3 aromatic rings. The molecule has 6 N–H and O–H groups in total. The van der Waals surface area contributed by atoms with E-state index in [2.05, 4.69) is 16.0 Å². The van der Waals surface area contributed by atoms with E-state index >= 15 is 0 Å².